The summed E-state index contributed by atoms with van der Waals surface area (Å²) in [6, 6.07) is 6.32. The van der Waals surface area contributed by atoms with Gasteiger partial charge in [0.15, 0.2) is 15.8 Å². The molecule has 0 aliphatic heterocycles. The standard InChI is InChI=1S/C16H22BrN7O2S.C13H15BrN6O3S/c1-9(21-11-3-4-11)10(2)22-15-13(17)8-20-16(24-15)23-12-5-6-14(19-7-12)27(18,25)26;1-7(8(2)21)18-12-10(14)6-17-13(20-12)19-9-3-4-11(16-5-9)24(15,22)23/h5-11,21H,3-4H2,1-2H3,(H2,18,25,26)(H2,20,22,23,24);3-7H,1-2H3,(H2,15,22,23)(H2,17,18,19,20). The first-order valence-corrected chi connectivity index (χ1v) is 19.9. The molecule has 4 aromatic rings. The summed E-state index contributed by atoms with van der Waals surface area (Å²) in [6.45, 7) is 7.44. The Morgan fingerprint density at radius 2 is 1.18 bits per heavy atom. The molecule has 3 atom stereocenters. The van der Waals surface area contributed by atoms with Crippen molar-refractivity contribution in [1.82, 2.24) is 35.2 Å². The topological polar surface area (TPSA) is 275 Å². The van der Waals surface area contributed by atoms with Gasteiger partial charge in [0.2, 0.25) is 11.9 Å². The number of sulfonamides is 2. The van der Waals surface area contributed by atoms with Crippen molar-refractivity contribution in [2.24, 2.45) is 10.3 Å². The number of carbonyl (C=O) groups excluding carboxylic acids is 1. The molecule has 274 valence electrons. The van der Waals surface area contributed by atoms with Gasteiger partial charge >= 0.3 is 0 Å². The minimum absolute atomic E-state index is 0.0298. The third-order valence-corrected chi connectivity index (χ3v) is 10.0. The minimum Gasteiger partial charge on any atom is -0.365 e. The van der Waals surface area contributed by atoms with Gasteiger partial charge in [-0.1, -0.05) is 0 Å². The zero-order valence-corrected chi connectivity index (χ0v) is 32.6. The number of carbonyl (C=O) groups is 1. The fraction of sp³-hybridized carbons (Fsp3) is 0.345. The number of nitrogens with one attached hydrogen (secondary N) is 5. The summed E-state index contributed by atoms with van der Waals surface area (Å²) >= 11 is 6.76. The number of pyridine rings is 2. The van der Waals surface area contributed by atoms with Crippen molar-refractivity contribution >= 4 is 92.6 Å². The van der Waals surface area contributed by atoms with Crippen LogP contribution in [0.4, 0.5) is 34.9 Å². The van der Waals surface area contributed by atoms with Gasteiger partial charge in [-0.15, -0.1) is 0 Å². The Kier molecular flexibility index (Phi) is 13.3. The number of nitrogens with zero attached hydrogens (tertiary/aromatic N) is 6. The predicted octanol–water partition coefficient (Wildman–Crippen LogP) is 3.38. The van der Waals surface area contributed by atoms with E-state index in [4.69, 9.17) is 10.3 Å². The number of rotatable bonds is 14. The molecule has 0 spiro atoms. The van der Waals surface area contributed by atoms with Gasteiger partial charge in [-0.05, 0) is 96.7 Å². The largest absolute Gasteiger partial charge is 0.365 e. The molecule has 1 fully saturated rings. The molecule has 18 nitrogen and oxygen atoms in total. The third kappa shape index (κ3) is 12.4. The van der Waals surface area contributed by atoms with E-state index in [1.807, 2.05) is 0 Å². The van der Waals surface area contributed by atoms with Crippen LogP contribution in [0.15, 0.2) is 68.1 Å². The van der Waals surface area contributed by atoms with Crippen LogP contribution in [-0.2, 0) is 24.8 Å². The Morgan fingerprint density at radius 1 is 0.725 bits per heavy atom. The van der Waals surface area contributed by atoms with Crippen molar-refractivity contribution in [3.05, 3.63) is 58.0 Å². The van der Waals surface area contributed by atoms with E-state index in [0.717, 1.165) is 4.47 Å². The maximum atomic E-state index is 11.3. The van der Waals surface area contributed by atoms with Crippen LogP contribution < -0.4 is 36.9 Å². The predicted molar refractivity (Wildman–Crippen MR) is 200 cm³/mol. The van der Waals surface area contributed by atoms with E-state index in [1.54, 1.807) is 19.2 Å². The van der Waals surface area contributed by atoms with Crippen molar-refractivity contribution in [2.75, 3.05) is 21.3 Å². The van der Waals surface area contributed by atoms with Crippen LogP contribution in [-0.4, -0.2) is 76.7 Å². The highest BCUT2D eigenvalue weighted by Gasteiger charge is 2.25. The second kappa shape index (κ2) is 17.1. The average Bonchev–Trinajstić information content (AvgIpc) is 3.88. The summed E-state index contributed by atoms with van der Waals surface area (Å²) in [5, 5.41) is 25.4. The molecule has 0 bridgehead atoms. The van der Waals surface area contributed by atoms with E-state index in [9.17, 15) is 21.6 Å². The molecule has 4 heterocycles. The summed E-state index contributed by atoms with van der Waals surface area (Å²) < 4.78 is 46.2. The molecule has 0 radical (unpaired) electrons. The lowest BCUT2D eigenvalue weighted by Gasteiger charge is -2.23. The first-order valence-electron chi connectivity index (χ1n) is 15.3. The molecule has 5 rings (SSSR count). The van der Waals surface area contributed by atoms with E-state index >= 15 is 0 Å². The van der Waals surface area contributed by atoms with Crippen molar-refractivity contribution in [1.29, 1.82) is 0 Å². The normalized spacial score (nSPS) is 14.7. The molecule has 0 amide bonds. The van der Waals surface area contributed by atoms with Crippen molar-refractivity contribution in [2.45, 2.75) is 74.8 Å². The fourth-order valence-corrected chi connectivity index (χ4v) is 5.50. The molecule has 4 aromatic heterocycles. The number of hydrogen-bond acceptors (Lipinski definition) is 16. The Labute approximate surface area is 312 Å². The number of anilines is 6. The smallest absolute Gasteiger partial charge is 0.255 e. The minimum atomic E-state index is -3.84. The number of nitrogens with two attached hydrogens (primary N) is 2. The first kappa shape index (κ1) is 39.8. The molecule has 3 unspecified atom stereocenters. The van der Waals surface area contributed by atoms with Gasteiger partial charge in [-0.2, -0.15) is 9.97 Å². The van der Waals surface area contributed by atoms with E-state index < -0.39 is 26.1 Å². The molecule has 51 heavy (non-hydrogen) atoms. The lowest BCUT2D eigenvalue weighted by molar-refractivity contribution is -0.117. The van der Waals surface area contributed by atoms with Crippen LogP contribution in [0.2, 0.25) is 0 Å². The van der Waals surface area contributed by atoms with Crippen LogP contribution >= 0.6 is 31.9 Å². The van der Waals surface area contributed by atoms with Crippen LogP contribution in [0, 0.1) is 0 Å². The highest BCUT2D eigenvalue weighted by molar-refractivity contribution is 9.11. The van der Waals surface area contributed by atoms with Gasteiger partial charge < -0.3 is 26.6 Å². The van der Waals surface area contributed by atoms with E-state index in [2.05, 4.69) is 102 Å². The van der Waals surface area contributed by atoms with Gasteiger partial charge in [0.25, 0.3) is 20.0 Å². The lowest BCUT2D eigenvalue weighted by Crippen LogP contribution is -2.41. The van der Waals surface area contributed by atoms with Crippen molar-refractivity contribution in [3.8, 4) is 0 Å². The maximum absolute atomic E-state index is 11.3. The van der Waals surface area contributed by atoms with Gasteiger partial charge in [0, 0.05) is 30.5 Å². The van der Waals surface area contributed by atoms with Crippen molar-refractivity contribution < 1.29 is 21.6 Å². The van der Waals surface area contributed by atoms with E-state index in [1.165, 1.54) is 56.6 Å². The number of aromatic nitrogens is 6. The van der Waals surface area contributed by atoms with Crippen LogP contribution in [0.25, 0.3) is 0 Å². The van der Waals surface area contributed by atoms with E-state index in [0.29, 0.717) is 45.5 Å². The summed E-state index contributed by atoms with van der Waals surface area (Å²) in [7, 11) is -7.67. The van der Waals surface area contributed by atoms with Crippen molar-refractivity contribution in [3.63, 3.8) is 0 Å². The second-order valence-electron chi connectivity index (χ2n) is 11.5. The molecule has 0 aromatic carbocycles. The van der Waals surface area contributed by atoms with Gasteiger partial charge in [-0.3, -0.25) is 4.79 Å². The third-order valence-electron chi connectivity index (χ3n) is 7.21. The van der Waals surface area contributed by atoms with Crippen LogP contribution in [0.1, 0.15) is 40.5 Å². The highest BCUT2D eigenvalue weighted by atomic mass is 79.9. The SMILES string of the molecule is CC(=O)C(C)Nc1nc(Nc2ccc(S(N)(=O)=O)nc2)ncc1Br.CC(Nc1nc(Nc2ccc(S(N)(=O)=O)nc2)ncc1Br)C(C)NC1CC1. The molecule has 9 N–H and O–H groups in total. The lowest BCUT2D eigenvalue weighted by atomic mass is 10.1. The zero-order chi connectivity index (χ0) is 37.5. The quantitative estimate of drug-likeness (QED) is 0.0957. The Morgan fingerprint density at radius 3 is 1.55 bits per heavy atom. The highest BCUT2D eigenvalue weighted by Crippen LogP contribution is 2.25. The number of primary sulfonamides is 2. The Hall–Kier alpha value is -3.93. The summed E-state index contributed by atoms with van der Waals surface area (Å²) in [5.74, 6) is 1.70. The number of Topliss-reactive ketones (excluding diaryl/α,β-unsaturated/α-hetero) is 1. The molecule has 0 saturated heterocycles. The molecule has 22 heteroatoms. The molecular weight excluding hydrogens is 834 g/mol. The van der Waals surface area contributed by atoms with Crippen LogP contribution in [0.5, 0.6) is 0 Å². The molecule has 1 saturated carbocycles. The monoisotopic (exact) mass is 869 g/mol. The van der Waals surface area contributed by atoms with Gasteiger partial charge in [0.05, 0.1) is 38.8 Å². The number of hydrogen-bond donors (Lipinski definition) is 7. The number of ketones is 1. The first-order chi connectivity index (χ1) is 23.9. The fourth-order valence-electron chi connectivity index (χ4n) is 3.97. The van der Waals surface area contributed by atoms with Gasteiger partial charge in [0.1, 0.15) is 11.6 Å². The molecule has 1 aliphatic carbocycles. The summed E-state index contributed by atoms with van der Waals surface area (Å²) in [4.78, 5) is 36.0. The summed E-state index contributed by atoms with van der Waals surface area (Å²) in [5.41, 5.74) is 1.03. The molecule has 1 aliphatic rings. The Balaban J connectivity index is 0.000000230. The van der Waals surface area contributed by atoms with Gasteiger partial charge in [-0.25, -0.2) is 47.0 Å². The van der Waals surface area contributed by atoms with E-state index in [-0.39, 0.29) is 27.8 Å². The average molecular weight is 872 g/mol. The number of halogens is 2. The molecular formula is C29H37Br2N13O5S2. The maximum Gasteiger partial charge on any atom is 0.255 e. The van der Waals surface area contributed by atoms with Crippen LogP contribution in [0.3, 0.4) is 0 Å². The second-order valence-corrected chi connectivity index (χ2v) is 16.3. The summed E-state index contributed by atoms with van der Waals surface area (Å²) in [6.07, 6.45) is 8.31. The Bertz CT molecular complexity index is 2060. The zero-order valence-electron chi connectivity index (χ0n) is 27.8.